The number of alkyl halides is 3. The highest BCUT2D eigenvalue weighted by molar-refractivity contribution is 5.94. The SMILES string of the molecule is CON(C)CC(C)NC(=O)c1ccc(-c2noc(C(F)(F)F)n2)c(F)c1. The number of carbonyl (C=O) groups excluding carboxylic acids is 1. The van der Waals surface area contributed by atoms with Gasteiger partial charge in [-0.3, -0.25) is 4.79 Å². The number of nitrogens with one attached hydrogen (secondary N) is 1. The van der Waals surface area contributed by atoms with Gasteiger partial charge in [-0.05, 0) is 25.1 Å². The van der Waals surface area contributed by atoms with Crippen molar-refractivity contribution < 1.29 is 31.7 Å². The Morgan fingerprint density at radius 3 is 2.65 bits per heavy atom. The van der Waals surface area contributed by atoms with E-state index >= 15 is 0 Å². The van der Waals surface area contributed by atoms with Crippen molar-refractivity contribution in [2.75, 3.05) is 20.7 Å². The summed E-state index contributed by atoms with van der Waals surface area (Å²) in [5.41, 5.74) is -0.314. The molecule has 0 aliphatic carbocycles. The molecule has 142 valence electrons. The summed E-state index contributed by atoms with van der Waals surface area (Å²) in [4.78, 5) is 20.2. The van der Waals surface area contributed by atoms with Gasteiger partial charge in [0.25, 0.3) is 5.91 Å². The summed E-state index contributed by atoms with van der Waals surface area (Å²) in [5, 5.41) is 7.26. The van der Waals surface area contributed by atoms with Gasteiger partial charge in [0.1, 0.15) is 5.82 Å². The lowest BCUT2D eigenvalue weighted by Gasteiger charge is -2.20. The van der Waals surface area contributed by atoms with E-state index in [9.17, 15) is 22.4 Å². The predicted octanol–water partition coefficient (Wildman–Crippen LogP) is 2.51. The average Bonchev–Trinajstić information content (AvgIpc) is 3.04. The minimum absolute atomic E-state index is 0.00212. The second kappa shape index (κ2) is 7.79. The van der Waals surface area contributed by atoms with Gasteiger partial charge in [-0.15, -0.1) is 0 Å². The topological polar surface area (TPSA) is 80.5 Å². The second-order valence-corrected chi connectivity index (χ2v) is 5.48. The third-order valence-corrected chi connectivity index (χ3v) is 3.36. The van der Waals surface area contributed by atoms with Crippen LogP contribution in [0.15, 0.2) is 22.7 Å². The molecule has 0 spiro atoms. The third-order valence-electron chi connectivity index (χ3n) is 3.36. The molecule has 0 aliphatic rings. The Bertz CT molecular complexity index is 778. The number of carbonyl (C=O) groups is 1. The molecule has 0 saturated heterocycles. The lowest BCUT2D eigenvalue weighted by atomic mass is 10.1. The molecule has 1 heterocycles. The Balaban J connectivity index is 2.14. The van der Waals surface area contributed by atoms with E-state index in [4.69, 9.17) is 4.84 Å². The number of nitrogens with zero attached hydrogens (tertiary/aromatic N) is 3. The van der Waals surface area contributed by atoms with Crippen molar-refractivity contribution in [2.45, 2.75) is 19.1 Å². The second-order valence-electron chi connectivity index (χ2n) is 5.48. The van der Waals surface area contributed by atoms with E-state index in [0.717, 1.165) is 12.1 Å². The molecule has 0 saturated carbocycles. The first-order chi connectivity index (χ1) is 12.1. The third kappa shape index (κ3) is 4.76. The quantitative estimate of drug-likeness (QED) is 0.616. The molecule has 11 heteroatoms. The van der Waals surface area contributed by atoms with Gasteiger partial charge in [-0.2, -0.15) is 23.2 Å². The molecular weight excluding hydrogens is 360 g/mol. The van der Waals surface area contributed by atoms with Crippen LogP contribution in [0.4, 0.5) is 17.6 Å². The smallest absolute Gasteiger partial charge is 0.348 e. The number of amides is 1. The fourth-order valence-corrected chi connectivity index (χ4v) is 2.10. The van der Waals surface area contributed by atoms with E-state index in [2.05, 4.69) is 20.0 Å². The van der Waals surface area contributed by atoms with Crippen LogP contribution in [0.2, 0.25) is 0 Å². The Labute approximate surface area is 145 Å². The van der Waals surface area contributed by atoms with E-state index < -0.39 is 29.6 Å². The van der Waals surface area contributed by atoms with Gasteiger partial charge >= 0.3 is 12.1 Å². The molecule has 0 aliphatic heterocycles. The first kappa shape index (κ1) is 19.8. The Morgan fingerprint density at radius 1 is 1.42 bits per heavy atom. The molecule has 0 radical (unpaired) electrons. The normalized spacial score (nSPS) is 13.1. The van der Waals surface area contributed by atoms with Crippen molar-refractivity contribution in [1.82, 2.24) is 20.5 Å². The maximum Gasteiger partial charge on any atom is 0.471 e. The van der Waals surface area contributed by atoms with Crippen LogP contribution in [0.1, 0.15) is 23.2 Å². The monoisotopic (exact) mass is 376 g/mol. The van der Waals surface area contributed by atoms with Crippen molar-refractivity contribution in [3.63, 3.8) is 0 Å². The molecule has 7 nitrogen and oxygen atoms in total. The van der Waals surface area contributed by atoms with Crippen LogP contribution in [0.5, 0.6) is 0 Å². The first-order valence-corrected chi connectivity index (χ1v) is 7.38. The van der Waals surface area contributed by atoms with E-state index in [1.807, 2.05) is 0 Å². The number of hydroxylamine groups is 2. The van der Waals surface area contributed by atoms with Gasteiger partial charge in [0.05, 0.1) is 12.7 Å². The zero-order valence-electron chi connectivity index (χ0n) is 14.1. The number of benzene rings is 1. The van der Waals surface area contributed by atoms with Crippen molar-refractivity contribution in [3.8, 4) is 11.4 Å². The van der Waals surface area contributed by atoms with Crippen LogP contribution in [-0.2, 0) is 11.0 Å². The lowest BCUT2D eigenvalue weighted by Crippen LogP contribution is -2.40. The van der Waals surface area contributed by atoms with E-state index in [1.54, 1.807) is 14.0 Å². The van der Waals surface area contributed by atoms with Crippen LogP contribution >= 0.6 is 0 Å². The van der Waals surface area contributed by atoms with Crippen LogP contribution in [0, 0.1) is 5.82 Å². The van der Waals surface area contributed by atoms with Crippen LogP contribution in [0.3, 0.4) is 0 Å². The van der Waals surface area contributed by atoms with Crippen molar-refractivity contribution in [3.05, 3.63) is 35.5 Å². The number of hydrogen-bond acceptors (Lipinski definition) is 6. The highest BCUT2D eigenvalue weighted by Gasteiger charge is 2.38. The van der Waals surface area contributed by atoms with Crippen molar-refractivity contribution in [1.29, 1.82) is 0 Å². The minimum atomic E-state index is -4.83. The number of halogens is 4. The van der Waals surface area contributed by atoms with Gasteiger partial charge in [0.15, 0.2) is 0 Å². The maximum absolute atomic E-state index is 14.2. The van der Waals surface area contributed by atoms with Gasteiger partial charge in [-0.25, -0.2) is 4.39 Å². The highest BCUT2D eigenvalue weighted by Crippen LogP contribution is 2.30. The predicted molar refractivity (Wildman–Crippen MR) is 81.3 cm³/mol. The molecule has 0 bridgehead atoms. The molecule has 1 unspecified atom stereocenters. The number of likely N-dealkylation sites (N-methyl/N-ethyl adjacent to an activating group) is 1. The molecule has 0 fully saturated rings. The fraction of sp³-hybridized carbons (Fsp3) is 0.400. The first-order valence-electron chi connectivity index (χ1n) is 7.38. The molecular formula is C15H16F4N4O3. The van der Waals surface area contributed by atoms with Crippen molar-refractivity contribution in [2.24, 2.45) is 0 Å². The largest absolute Gasteiger partial charge is 0.471 e. The maximum atomic E-state index is 14.2. The summed E-state index contributed by atoms with van der Waals surface area (Å²) in [6.07, 6.45) is -4.83. The van der Waals surface area contributed by atoms with E-state index in [1.165, 1.54) is 18.2 Å². The Kier molecular flexibility index (Phi) is 5.93. The number of rotatable bonds is 6. The van der Waals surface area contributed by atoms with Gasteiger partial charge in [-0.1, -0.05) is 5.16 Å². The summed E-state index contributed by atoms with van der Waals surface area (Å²) in [5.74, 6) is -3.63. The molecule has 1 N–H and O–H groups in total. The minimum Gasteiger partial charge on any atom is -0.348 e. The number of aromatic nitrogens is 2. The lowest BCUT2D eigenvalue weighted by molar-refractivity contribution is -0.159. The Hall–Kier alpha value is -2.53. The van der Waals surface area contributed by atoms with Gasteiger partial charge in [0.2, 0.25) is 5.82 Å². The molecule has 26 heavy (non-hydrogen) atoms. The summed E-state index contributed by atoms with van der Waals surface area (Å²) in [6.45, 7) is 2.13. The van der Waals surface area contributed by atoms with Crippen molar-refractivity contribution >= 4 is 5.91 Å². The van der Waals surface area contributed by atoms with Gasteiger partial charge in [0, 0.05) is 25.2 Å². The highest BCUT2D eigenvalue weighted by atomic mass is 19.4. The summed E-state index contributed by atoms with van der Waals surface area (Å²) in [6, 6.07) is 2.97. The van der Waals surface area contributed by atoms with Crippen LogP contribution < -0.4 is 5.32 Å². The molecule has 2 aromatic rings. The van der Waals surface area contributed by atoms with Gasteiger partial charge < -0.3 is 14.7 Å². The average molecular weight is 376 g/mol. The molecule has 1 amide bonds. The Morgan fingerprint density at radius 2 is 2.12 bits per heavy atom. The standard InChI is InChI=1S/C15H16F4N4O3/c1-8(7-23(2)25-3)20-13(24)9-4-5-10(11(16)6-9)12-21-14(26-22-12)15(17,18)19/h4-6,8H,7H2,1-3H3,(H,20,24). The molecule has 1 atom stereocenters. The summed E-state index contributed by atoms with van der Waals surface area (Å²) in [7, 11) is 3.15. The molecule has 1 aromatic carbocycles. The van der Waals surface area contributed by atoms with Crippen LogP contribution in [-0.4, -0.2) is 47.9 Å². The summed E-state index contributed by atoms with van der Waals surface area (Å²) >= 11 is 0. The zero-order chi connectivity index (χ0) is 19.5. The van der Waals surface area contributed by atoms with E-state index in [-0.39, 0.29) is 17.2 Å². The fourth-order valence-electron chi connectivity index (χ4n) is 2.10. The molecule has 1 aromatic heterocycles. The summed E-state index contributed by atoms with van der Waals surface area (Å²) < 4.78 is 55.7. The zero-order valence-corrected chi connectivity index (χ0v) is 14.1. The number of hydrogen-bond donors (Lipinski definition) is 1. The van der Waals surface area contributed by atoms with Crippen LogP contribution in [0.25, 0.3) is 11.4 Å². The molecule has 2 rings (SSSR count). The van der Waals surface area contributed by atoms with E-state index in [0.29, 0.717) is 6.54 Å².